The zero-order chi connectivity index (χ0) is 40.1. The van der Waals surface area contributed by atoms with E-state index in [-0.39, 0.29) is 0 Å². The van der Waals surface area contributed by atoms with Gasteiger partial charge < -0.3 is 16.8 Å². The molecule has 61 heavy (non-hydrogen) atoms. The van der Waals surface area contributed by atoms with Crippen molar-refractivity contribution >= 4 is 82.0 Å². The normalized spacial score (nSPS) is 13.0. The van der Waals surface area contributed by atoms with Crippen LogP contribution in [0.4, 0.5) is 0 Å². The summed E-state index contributed by atoms with van der Waals surface area (Å²) in [5, 5.41) is 6.27. The van der Waals surface area contributed by atoms with Crippen LogP contribution in [-0.4, -0.2) is 8.68 Å². The van der Waals surface area contributed by atoms with Crippen LogP contribution in [-0.2, 0) is 5.41 Å². The van der Waals surface area contributed by atoms with Crippen molar-refractivity contribution in [2.75, 3.05) is 0 Å². The summed E-state index contributed by atoms with van der Waals surface area (Å²) in [5.41, 5.74) is 11.5. The van der Waals surface area contributed by atoms with Crippen LogP contribution in [0.2, 0.25) is 0 Å². The van der Waals surface area contributed by atoms with Crippen molar-refractivity contribution in [2.24, 2.45) is 0 Å². The smallest absolute Gasteiger partial charge is 0.346 e. The number of benzene rings is 8. The van der Waals surface area contributed by atoms with Crippen molar-refractivity contribution in [3.63, 3.8) is 0 Å². The van der Waals surface area contributed by atoms with Gasteiger partial charge in [-0.3, -0.25) is 0 Å². The lowest BCUT2D eigenvalue weighted by atomic mass is 9.67. The minimum absolute atomic E-state index is 0.781. The Morgan fingerprint density at radius 3 is 0.967 bits per heavy atom. The van der Waals surface area contributed by atoms with Gasteiger partial charge in [-0.25, -0.2) is 8.68 Å². The molecule has 1 aliphatic rings. The maximum Gasteiger partial charge on any atom is 0.346 e. The third kappa shape index (κ3) is 4.98. The lowest BCUT2D eigenvalue weighted by Gasteiger charge is -2.32. The Hall–Kier alpha value is -7.36. The summed E-state index contributed by atoms with van der Waals surface area (Å²) < 4.78 is 32.4. The fourth-order valence-corrected chi connectivity index (χ4v) is 12.6. The van der Waals surface area contributed by atoms with E-state index >= 15 is 0 Å². The van der Waals surface area contributed by atoms with Crippen LogP contribution in [0.3, 0.4) is 0 Å². The molecule has 0 fully saturated rings. The first-order valence-electron chi connectivity index (χ1n) is 20.4. The second kappa shape index (κ2) is 13.3. The Balaban J connectivity index is 1.18. The topological polar surface area (TPSA) is 62.4 Å². The monoisotopic (exact) mass is 824 g/mol. The van der Waals surface area contributed by atoms with Gasteiger partial charge in [-0.1, -0.05) is 158 Å². The summed E-state index contributed by atoms with van der Waals surface area (Å²) in [6.45, 7) is 0. The molecule has 4 aromatic heterocycles. The van der Waals surface area contributed by atoms with E-state index in [0.29, 0.717) is 0 Å². The Morgan fingerprint density at radius 2 is 0.590 bits per heavy atom. The van der Waals surface area contributed by atoms with Crippen LogP contribution in [0.5, 0.6) is 0 Å². The molecule has 0 atom stereocenters. The van der Waals surface area contributed by atoms with E-state index in [0.717, 1.165) is 76.8 Å². The number of rotatable bonds is 4. The van der Waals surface area contributed by atoms with E-state index in [1.54, 1.807) is 0 Å². The van der Waals surface area contributed by atoms with Gasteiger partial charge in [-0.2, -0.15) is 0 Å². The molecule has 0 N–H and O–H groups in total. The molecule has 0 spiro atoms. The third-order valence-corrected chi connectivity index (χ3v) is 15.1. The van der Waals surface area contributed by atoms with Crippen molar-refractivity contribution < 1.29 is 16.8 Å². The zero-order valence-corrected chi connectivity index (χ0v) is 34.3. The fourth-order valence-electron chi connectivity index (χ4n) is 9.78. The molecule has 0 unspecified atom stereocenters. The highest BCUT2D eigenvalue weighted by Crippen LogP contribution is 2.60. The average molecular weight is 825 g/mol. The van der Waals surface area contributed by atoms with Gasteiger partial charge in [-0.05, 0) is 69.8 Å². The number of hydrogen-bond acceptors (Lipinski definition) is 4. The average Bonchev–Trinajstić information content (AvgIpc) is 3.90. The largest absolute Gasteiger partial charge is 0.404 e. The molecule has 0 aliphatic heterocycles. The van der Waals surface area contributed by atoms with Gasteiger partial charge in [0.25, 0.3) is 0 Å². The Morgan fingerprint density at radius 1 is 0.295 bits per heavy atom. The molecule has 290 valence electrons. The number of hydrogen-bond donors (Lipinski definition) is 0. The number of fused-ring (bicyclic) bond motifs is 11. The summed E-state index contributed by atoms with van der Waals surface area (Å²) in [6.07, 6.45) is 4.60. The summed E-state index contributed by atoms with van der Waals surface area (Å²) in [5.74, 6) is 0. The lowest BCUT2D eigenvalue weighted by molar-refractivity contribution is 0.630. The van der Waals surface area contributed by atoms with Crippen LogP contribution >= 0.6 is 16.3 Å². The molecule has 0 radical (unpaired) electrons. The van der Waals surface area contributed by atoms with E-state index in [9.17, 15) is 0 Å². The Labute approximate surface area is 351 Å². The van der Waals surface area contributed by atoms with Crippen LogP contribution < -0.4 is 0 Å². The Bertz CT molecular complexity index is 3450. The van der Waals surface area contributed by atoms with E-state index in [1.807, 2.05) is 48.5 Å². The standard InChI is InChI=1S/C53H34N2O4P2/c1-9-25-43-35(17-1)36-18-2-10-26-44(36)53(43,45-33-54(47-27-11-3-23-41(45)47)60-56-49-29-13-5-19-37(49)38-20-6-14-30-50(38)57-60)46-34-55(48-28-12-4-24-42(46)48)61-58-51-31-15-7-21-39(51)40-22-8-16-32-52(40)59-61/h1-34H. The Kier molecular flexibility index (Phi) is 7.54. The minimum atomic E-state index is -1.70. The SMILES string of the molecule is c1ccc2c(c1)-c1ccccc1C2(c1cn(-p2oc3ccccc3c3ccccc3o2)c2ccccc12)c1cn(-p2oc3ccccc3c3ccccc3o2)c2ccccc12. The van der Waals surface area contributed by atoms with Crippen molar-refractivity contribution in [1.29, 1.82) is 0 Å². The third-order valence-electron chi connectivity index (χ3n) is 12.3. The van der Waals surface area contributed by atoms with Crippen LogP contribution in [0.1, 0.15) is 22.3 Å². The molecule has 13 rings (SSSR count). The van der Waals surface area contributed by atoms with Crippen molar-refractivity contribution in [2.45, 2.75) is 5.41 Å². The summed E-state index contributed by atoms with van der Waals surface area (Å²) >= 11 is 0. The predicted octanol–water partition coefficient (Wildman–Crippen LogP) is 15.8. The molecule has 0 bridgehead atoms. The van der Waals surface area contributed by atoms with Crippen molar-refractivity contribution in [3.8, 4) is 11.1 Å². The minimum Gasteiger partial charge on any atom is -0.404 e. The first-order valence-corrected chi connectivity index (χ1v) is 22.6. The lowest BCUT2D eigenvalue weighted by Crippen LogP contribution is -2.28. The van der Waals surface area contributed by atoms with E-state index in [1.165, 1.54) is 22.3 Å². The first-order chi connectivity index (χ1) is 30.3. The molecule has 8 aromatic carbocycles. The number of aromatic nitrogens is 2. The summed E-state index contributed by atoms with van der Waals surface area (Å²) in [7, 11) is -3.41. The molecular weight excluding hydrogens is 791 g/mol. The summed E-state index contributed by atoms with van der Waals surface area (Å²) in [6, 6.07) is 68.0. The molecule has 12 aromatic rings. The van der Waals surface area contributed by atoms with Gasteiger partial charge in [0.15, 0.2) is 0 Å². The molecule has 8 heteroatoms. The summed E-state index contributed by atoms with van der Waals surface area (Å²) in [4.78, 5) is 0. The van der Waals surface area contributed by atoms with Crippen molar-refractivity contribution in [1.82, 2.24) is 8.68 Å². The number of nitrogens with zero attached hydrogens (tertiary/aromatic N) is 2. The highest BCUT2D eigenvalue weighted by atomic mass is 31.1. The van der Waals surface area contributed by atoms with Gasteiger partial charge in [0, 0.05) is 44.7 Å². The molecule has 0 saturated carbocycles. The maximum absolute atomic E-state index is 6.98. The molecule has 4 heterocycles. The second-order valence-electron chi connectivity index (χ2n) is 15.5. The first kappa shape index (κ1) is 34.5. The molecule has 0 amide bonds. The maximum atomic E-state index is 6.98. The fraction of sp³-hybridized carbons (Fsp3) is 0.0189. The van der Waals surface area contributed by atoms with Gasteiger partial charge in [0.1, 0.15) is 22.3 Å². The van der Waals surface area contributed by atoms with Crippen molar-refractivity contribution in [3.05, 3.63) is 229 Å². The second-order valence-corrected chi connectivity index (χ2v) is 18.0. The number of para-hydroxylation sites is 6. The van der Waals surface area contributed by atoms with E-state index < -0.39 is 21.7 Å². The van der Waals surface area contributed by atoms with E-state index in [2.05, 4.69) is 167 Å². The van der Waals surface area contributed by atoms with Gasteiger partial charge in [0.05, 0.1) is 16.4 Å². The van der Waals surface area contributed by atoms with Gasteiger partial charge in [0.2, 0.25) is 0 Å². The molecule has 6 nitrogen and oxygen atoms in total. The van der Waals surface area contributed by atoms with E-state index in [4.69, 9.17) is 16.8 Å². The van der Waals surface area contributed by atoms with Gasteiger partial charge >= 0.3 is 16.3 Å². The quantitative estimate of drug-likeness (QED) is 0.177. The van der Waals surface area contributed by atoms with Crippen LogP contribution in [0.25, 0.3) is 76.8 Å². The molecule has 1 aliphatic carbocycles. The van der Waals surface area contributed by atoms with Crippen LogP contribution in [0, 0.1) is 0 Å². The highest BCUT2D eigenvalue weighted by Gasteiger charge is 2.49. The highest BCUT2D eigenvalue weighted by molar-refractivity contribution is 7.36. The van der Waals surface area contributed by atoms with Gasteiger partial charge in [-0.15, -0.1) is 0 Å². The molecule has 0 saturated heterocycles. The zero-order valence-electron chi connectivity index (χ0n) is 32.6. The predicted molar refractivity (Wildman–Crippen MR) is 249 cm³/mol. The molecular formula is C53H34N2O4P2. The van der Waals surface area contributed by atoms with Crippen LogP contribution in [0.15, 0.2) is 223 Å².